The number of hydrogen-bond acceptors (Lipinski definition) is 2. The zero-order valence-electron chi connectivity index (χ0n) is 14.0. The van der Waals surface area contributed by atoms with Crippen LogP contribution in [0.1, 0.15) is 21.5 Å². The quantitative estimate of drug-likeness (QED) is 0.387. The van der Waals surface area contributed by atoms with Gasteiger partial charge in [0.05, 0.1) is 16.8 Å². The summed E-state index contributed by atoms with van der Waals surface area (Å²) in [5, 5.41) is 0. The van der Waals surface area contributed by atoms with Crippen molar-refractivity contribution in [3.8, 4) is 22.4 Å². The highest BCUT2D eigenvalue weighted by atomic mass is 19.4. The molecule has 0 atom stereocenters. The van der Waals surface area contributed by atoms with Crippen molar-refractivity contribution < 1.29 is 31.1 Å². The Morgan fingerprint density at radius 1 is 0.750 bits per heavy atom. The average molecular weight is 395 g/mol. The van der Waals surface area contributed by atoms with E-state index < -0.39 is 23.5 Å². The Balaban J connectivity index is 2.19. The Hall–Kier alpha value is -3.16. The first-order valence-electron chi connectivity index (χ1n) is 7.91. The first kappa shape index (κ1) is 19.6. The van der Waals surface area contributed by atoms with E-state index in [9.17, 15) is 31.1 Å². The van der Waals surface area contributed by atoms with Crippen molar-refractivity contribution in [2.24, 2.45) is 0 Å². The van der Waals surface area contributed by atoms with E-state index in [1.165, 1.54) is 30.3 Å². The standard InChI is InChI=1S/C20H11F6NO/c21-19(22,23)16-7-3-1-5-14(16)12-9-13(11-28)18(27-10-12)15-6-2-4-8-17(15)20(24,25)26/h1-11H. The van der Waals surface area contributed by atoms with Gasteiger partial charge in [-0.3, -0.25) is 9.78 Å². The average Bonchev–Trinajstić information content (AvgIpc) is 2.66. The SMILES string of the molecule is O=Cc1cc(-c2ccccc2C(F)(F)F)cnc1-c1ccccc1C(F)(F)F. The zero-order valence-corrected chi connectivity index (χ0v) is 14.0. The van der Waals surface area contributed by atoms with Crippen molar-refractivity contribution in [1.82, 2.24) is 4.98 Å². The van der Waals surface area contributed by atoms with Crippen LogP contribution in [0.25, 0.3) is 22.4 Å². The van der Waals surface area contributed by atoms with E-state index in [1.807, 2.05) is 0 Å². The molecule has 2 aromatic carbocycles. The number of carbonyl (C=O) groups is 1. The Morgan fingerprint density at radius 3 is 1.79 bits per heavy atom. The normalized spacial score (nSPS) is 12.1. The molecule has 0 amide bonds. The summed E-state index contributed by atoms with van der Waals surface area (Å²) in [7, 11) is 0. The number of hydrogen-bond donors (Lipinski definition) is 0. The van der Waals surface area contributed by atoms with Gasteiger partial charge >= 0.3 is 12.4 Å². The summed E-state index contributed by atoms with van der Waals surface area (Å²) in [5.41, 5.74) is -2.99. The van der Waals surface area contributed by atoms with Crippen LogP contribution in [0.5, 0.6) is 0 Å². The largest absolute Gasteiger partial charge is 0.417 e. The molecule has 3 aromatic rings. The molecule has 0 aliphatic heterocycles. The van der Waals surface area contributed by atoms with Crippen LogP contribution in [0.3, 0.4) is 0 Å². The van der Waals surface area contributed by atoms with Crippen LogP contribution in [0.15, 0.2) is 60.8 Å². The van der Waals surface area contributed by atoms with E-state index >= 15 is 0 Å². The van der Waals surface area contributed by atoms with Gasteiger partial charge in [-0.05, 0) is 23.8 Å². The number of alkyl halides is 6. The maximum absolute atomic E-state index is 13.3. The fourth-order valence-corrected chi connectivity index (χ4v) is 2.86. The van der Waals surface area contributed by atoms with E-state index in [4.69, 9.17) is 0 Å². The number of pyridine rings is 1. The van der Waals surface area contributed by atoms with Crippen LogP contribution < -0.4 is 0 Å². The van der Waals surface area contributed by atoms with Crippen molar-refractivity contribution in [2.75, 3.05) is 0 Å². The second kappa shape index (κ2) is 7.10. The minimum absolute atomic E-state index is 0.0248. The second-order valence-electron chi connectivity index (χ2n) is 5.87. The summed E-state index contributed by atoms with van der Waals surface area (Å²) >= 11 is 0. The van der Waals surface area contributed by atoms with Gasteiger partial charge in [-0.2, -0.15) is 26.3 Å². The molecule has 0 saturated carbocycles. The number of halogens is 6. The van der Waals surface area contributed by atoms with Gasteiger partial charge in [0.15, 0.2) is 6.29 Å². The molecule has 0 aliphatic rings. The van der Waals surface area contributed by atoms with Gasteiger partial charge in [0.2, 0.25) is 0 Å². The number of rotatable bonds is 3. The fourth-order valence-electron chi connectivity index (χ4n) is 2.86. The Labute approximate surface area is 155 Å². The highest BCUT2D eigenvalue weighted by molar-refractivity contribution is 5.89. The molecular weight excluding hydrogens is 384 g/mol. The predicted molar refractivity (Wildman–Crippen MR) is 90.5 cm³/mol. The second-order valence-corrected chi connectivity index (χ2v) is 5.87. The summed E-state index contributed by atoms with van der Waals surface area (Å²) in [6.07, 6.45) is -8.02. The van der Waals surface area contributed by atoms with Gasteiger partial charge in [0.25, 0.3) is 0 Å². The molecule has 1 aromatic heterocycles. The third kappa shape index (κ3) is 3.76. The van der Waals surface area contributed by atoms with Crippen molar-refractivity contribution >= 4 is 6.29 Å². The van der Waals surface area contributed by atoms with E-state index in [-0.39, 0.29) is 34.2 Å². The summed E-state index contributed by atoms with van der Waals surface area (Å²) in [5.74, 6) is 0. The summed E-state index contributed by atoms with van der Waals surface area (Å²) in [4.78, 5) is 15.4. The summed E-state index contributed by atoms with van der Waals surface area (Å²) in [6, 6.07) is 10.3. The minimum atomic E-state index is -4.68. The Morgan fingerprint density at radius 2 is 1.25 bits per heavy atom. The van der Waals surface area contributed by atoms with Crippen LogP contribution in [0.2, 0.25) is 0 Å². The number of aldehydes is 1. The molecule has 0 bridgehead atoms. The van der Waals surface area contributed by atoms with Gasteiger partial charge in [-0.15, -0.1) is 0 Å². The van der Waals surface area contributed by atoms with Crippen LogP contribution in [-0.4, -0.2) is 11.3 Å². The molecule has 2 nitrogen and oxygen atoms in total. The maximum atomic E-state index is 13.3. The van der Waals surface area contributed by atoms with Crippen LogP contribution >= 0.6 is 0 Å². The predicted octanol–water partition coefficient (Wildman–Crippen LogP) is 6.27. The highest BCUT2D eigenvalue weighted by Gasteiger charge is 2.35. The number of nitrogens with zero attached hydrogens (tertiary/aromatic N) is 1. The van der Waals surface area contributed by atoms with Gasteiger partial charge < -0.3 is 0 Å². The molecule has 0 N–H and O–H groups in total. The number of benzene rings is 2. The van der Waals surface area contributed by atoms with Gasteiger partial charge in [0.1, 0.15) is 0 Å². The molecule has 0 unspecified atom stereocenters. The first-order chi connectivity index (χ1) is 13.1. The Kier molecular flexibility index (Phi) is 4.97. The molecule has 0 spiro atoms. The highest BCUT2D eigenvalue weighted by Crippen LogP contribution is 2.40. The molecule has 144 valence electrons. The molecule has 28 heavy (non-hydrogen) atoms. The number of carbonyl (C=O) groups excluding carboxylic acids is 1. The lowest BCUT2D eigenvalue weighted by Gasteiger charge is -2.16. The third-order valence-corrected chi connectivity index (χ3v) is 4.08. The lowest BCUT2D eigenvalue weighted by Crippen LogP contribution is -2.09. The van der Waals surface area contributed by atoms with Gasteiger partial charge in [-0.1, -0.05) is 36.4 Å². The molecule has 3 rings (SSSR count). The lowest BCUT2D eigenvalue weighted by molar-refractivity contribution is -0.137. The molecule has 0 aliphatic carbocycles. The molecule has 1 heterocycles. The fraction of sp³-hybridized carbons (Fsp3) is 0.100. The minimum Gasteiger partial charge on any atom is -0.298 e. The Bertz CT molecular complexity index is 1020. The van der Waals surface area contributed by atoms with E-state index in [0.29, 0.717) is 0 Å². The van der Waals surface area contributed by atoms with Crippen molar-refractivity contribution in [1.29, 1.82) is 0 Å². The first-order valence-corrected chi connectivity index (χ1v) is 7.91. The van der Waals surface area contributed by atoms with Crippen LogP contribution in [-0.2, 0) is 12.4 Å². The van der Waals surface area contributed by atoms with Crippen molar-refractivity contribution in [2.45, 2.75) is 12.4 Å². The van der Waals surface area contributed by atoms with E-state index in [0.717, 1.165) is 30.5 Å². The van der Waals surface area contributed by atoms with Crippen LogP contribution in [0, 0.1) is 0 Å². The third-order valence-electron chi connectivity index (χ3n) is 4.08. The molecule has 0 fully saturated rings. The molecule has 8 heteroatoms. The monoisotopic (exact) mass is 395 g/mol. The van der Waals surface area contributed by atoms with E-state index in [1.54, 1.807) is 0 Å². The lowest BCUT2D eigenvalue weighted by atomic mass is 9.96. The van der Waals surface area contributed by atoms with Crippen LogP contribution in [0.4, 0.5) is 26.3 Å². The number of aromatic nitrogens is 1. The molecular formula is C20H11F6NO. The van der Waals surface area contributed by atoms with Crippen molar-refractivity contribution in [3.63, 3.8) is 0 Å². The zero-order chi connectivity index (χ0) is 20.5. The maximum Gasteiger partial charge on any atom is 0.417 e. The summed E-state index contributed by atoms with van der Waals surface area (Å²) in [6.45, 7) is 0. The molecule has 0 radical (unpaired) electrons. The summed E-state index contributed by atoms with van der Waals surface area (Å²) < 4.78 is 79.5. The van der Waals surface area contributed by atoms with Gasteiger partial charge in [-0.25, -0.2) is 0 Å². The topological polar surface area (TPSA) is 30.0 Å². The molecule has 0 saturated heterocycles. The smallest absolute Gasteiger partial charge is 0.298 e. The van der Waals surface area contributed by atoms with Crippen molar-refractivity contribution in [3.05, 3.63) is 77.5 Å². The van der Waals surface area contributed by atoms with E-state index in [2.05, 4.69) is 4.98 Å². The van der Waals surface area contributed by atoms with Gasteiger partial charge in [0, 0.05) is 22.9 Å².